The van der Waals surface area contributed by atoms with E-state index in [4.69, 9.17) is 9.84 Å². The van der Waals surface area contributed by atoms with Gasteiger partial charge in [-0.2, -0.15) is 0 Å². The lowest BCUT2D eigenvalue weighted by molar-refractivity contribution is 0.144. The Bertz CT molecular complexity index is 1280. The largest absolute Gasteiger partial charge is 0.511 e. The molecule has 0 aliphatic heterocycles. The van der Waals surface area contributed by atoms with Crippen molar-refractivity contribution in [3.05, 3.63) is 71.8 Å². The maximum atomic E-state index is 10.9. The molecule has 4 rings (SSSR count). The Morgan fingerprint density at radius 2 is 1.56 bits per heavy atom. The standard InChI is InChI=1S/C36H48N2O3/c1-6-38(7-2)34-22-19-29(25-33(34)36(3,4)5)32-24-28(26-17-20-31(21-18-26)41-35(39)40)16-15-27(32)12-11-23-37-30-13-9-8-10-14-30/h15-22,24-25,30,37H,6-14,23H2,1-5H3,(H,39,40). The Balaban J connectivity index is 1.68. The Hall–Kier alpha value is -3.31. The highest BCUT2D eigenvalue weighted by molar-refractivity contribution is 5.78. The van der Waals surface area contributed by atoms with Crippen molar-refractivity contribution in [2.75, 3.05) is 24.5 Å². The van der Waals surface area contributed by atoms with Gasteiger partial charge >= 0.3 is 6.16 Å². The maximum Gasteiger partial charge on any atom is 0.511 e. The number of ether oxygens (including phenoxy) is 1. The molecule has 0 saturated heterocycles. The second-order valence-electron chi connectivity index (χ2n) is 12.3. The number of anilines is 1. The zero-order valence-corrected chi connectivity index (χ0v) is 25.6. The Morgan fingerprint density at radius 3 is 2.20 bits per heavy atom. The van der Waals surface area contributed by atoms with E-state index in [1.165, 1.54) is 60.0 Å². The smallest absolute Gasteiger partial charge is 0.449 e. The molecule has 0 unspecified atom stereocenters. The predicted octanol–water partition coefficient (Wildman–Crippen LogP) is 9.08. The van der Waals surface area contributed by atoms with E-state index in [0.717, 1.165) is 43.6 Å². The van der Waals surface area contributed by atoms with Gasteiger partial charge in [-0.05, 0) is 115 Å². The highest BCUT2D eigenvalue weighted by Crippen LogP contribution is 2.38. The molecule has 41 heavy (non-hydrogen) atoms. The molecule has 0 amide bonds. The van der Waals surface area contributed by atoms with Crippen LogP contribution >= 0.6 is 0 Å². The zero-order chi connectivity index (χ0) is 29.4. The third-order valence-electron chi connectivity index (χ3n) is 8.38. The average Bonchev–Trinajstić information content (AvgIpc) is 2.96. The summed E-state index contributed by atoms with van der Waals surface area (Å²) in [4.78, 5) is 13.4. The third kappa shape index (κ3) is 8.13. The lowest BCUT2D eigenvalue weighted by Crippen LogP contribution is -2.31. The first-order valence-electron chi connectivity index (χ1n) is 15.5. The number of nitrogens with one attached hydrogen (secondary N) is 1. The molecule has 1 aliphatic rings. The van der Waals surface area contributed by atoms with Gasteiger partial charge in [-0.1, -0.05) is 70.4 Å². The summed E-state index contributed by atoms with van der Waals surface area (Å²) >= 11 is 0. The predicted molar refractivity (Wildman–Crippen MR) is 171 cm³/mol. The van der Waals surface area contributed by atoms with E-state index >= 15 is 0 Å². The van der Waals surface area contributed by atoms with Crippen molar-refractivity contribution < 1.29 is 14.6 Å². The Morgan fingerprint density at radius 1 is 0.902 bits per heavy atom. The molecule has 0 heterocycles. The number of rotatable bonds is 11. The molecule has 0 bridgehead atoms. The van der Waals surface area contributed by atoms with E-state index in [1.54, 1.807) is 12.1 Å². The minimum Gasteiger partial charge on any atom is -0.449 e. The summed E-state index contributed by atoms with van der Waals surface area (Å²) in [5, 5.41) is 12.8. The summed E-state index contributed by atoms with van der Waals surface area (Å²) in [5.41, 5.74) is 8.70. The topological polar surface area (TPSA) is 61.8 Å². The molecule has 0 atom stereocenters. The first-order chi connectivity index (χ1) is 19.7. The fraction of sp³-hybridized carbons (Fsp3) is 0.472. The van der Waals surface area contributed by atoms with Crippen LogP contribution in [0.15, 0.2) is 60.7 Å². The van der Waals surface area contributed by atoms with Crippen LogP contribution in [0.4, 0.5) is 10.5 Å². The Labute approximate surface area is 246 Å². The summed E-state index contributed by atoms with van der Waals surface area (Å²) in [6, 6.07) is 21.7. The monoisotopic (exact) mass is 556 g/mol. The van der Waals surface area contributed by atoms with Crippen LogP contribution in [0.3, 0.4) is 0 Å². The molecule has 5 heteroatoms. The van der Waals surface area contributed by atoms with E-state index in [9.17, 15) is 4.79 Å². The molecule has 0 aromatic heterocycles. The van der Waals surface area contributed by atoms with Crippen molar-refractivity contribution in [1.29, 1.82) is 0 Å². The van der Waals surface area contributed by atoms with Gasteiger partial charge in [-0.15, -0.1) is 0 Å². The second kappa shape index (κ2) is 14.0. The molecule has 1 fully saturated rings. The van der Waals surface area contributed by atoms with Gasteiger partial charge in [0.15, 0.2) is 0 Å². The van der Waals surface area contributed by atoms with Crippen LogP contribution < -0.4 is 15.0 Å². The summed E-state index contributed by atoms with van der Waals surface area (Å²) < 4.78 is 4.82. The minimum absolute atomic E-state index is 0.00952. The molecule has 1 aliphatic carbocycles. The van der Waals surface area contributed by atoms with Gasteiger partial charge in [0.2, 0.25) is 0 Å². The molecule has 5 nitrogen and oxygen atoms in total. The number of benzene rings is 3. The minimum atomic E-state index is -1.30. The molecule has 220 valence electrons. The summed E-state index contributed by atoms with van der Waals surface area (Å²) in [6.07, 6.45) is 7.53. The molecule has 0 radical (unpaired) electrons. The lowest BCUT2D eigenvalue weighted by atomic mass is 9.82. The normalized spacial score (nSPS) is 14.2. The number of nitrogens with zero attached hydrogens (tertiary/aromatic N) is 1. The van der Waals surface area contributed by atoms with Gasteiger partial charge in [-0.3, -0.25) is 0 Å². The Kier molecular flexibility index (Phi) is 10.5. The van der Waals surface area contributed by atoms with Crippen molar-refractivity contribution >= 4 is 11.8 Å². The third-order valence-corrected chi connectivity index (χ3v) is 8.38. The van der Waals surface area contributed by atoms with Gasteiger partial charge in [0.1, 0.15) is 5.75 Å². The number of carbonyl (C=O) groups is 1. The van der Waals surface area contributed by atoms with Gasteiger partial charge in [-0.25, -0.2) is 4.79 Å². The first-order valence-corrected chi connectivity index (χ1v) is 15.5. The van der Waals surface area contributed by atoms with Crippen LogP contribution in [-0.2, 0) is 11.8 Å². The van der Waals surface area contributed by atoms with E-state index in [-0.39, 0.29) is 5.41 Å². The van der Waals surface area contributed by atoms with Crippen molar-refractivity contribution in [3.8, 4) is 28.0 Å². The van der Waals surface area contributed by atoms with Crippen LogP contribution in [0.5, 0.6) is 5.75 Å². The number of hydrogen-bond donors (Lipinski definition) is 2. The molecule has 1 saturated carbocycles. The average molecular weight is 557 g/mol. The quantitative estimate of drug-likeness (QED) is 0.140. The van der Waals surface area contributed by atoms with E-state index in [2.05, 4.69) is 81.2 Å². The zero-order valence-electron chi connectivity index (χ0n) is 25.6. The van der Waals surface area contributed by atoms with Crippen LogP contribution in [-0.4, -0.2) is 36.9 Å². The summed E-state index contributed by atoms with van der Waals surface area (Å²) in [7, 11) is 0. The molecule has 3 aromatic carbocycles. The van der Waals surface area contributed by atoms with Crippen molar-refractivity contribution in [3.63, 3.8) is 0 Å². The van der Waals surface area contributed by atoms with Gasteiger partial charge < -0.3 is 20.1 Å². The van der Waals surface area contributed by atoms with E-state index in [1.807, 2.05) is 12.1 Å². The van der Waals surface area contributed by atoms with Crippen LogP contribution in [0.2, 0.25) is 0 Å². The number of aryl methyl sites for hydroxylation is 1. The highest BCUT2D eigenvalue weighted by atomic mass is 16.7. The van der Waals surface area contributed by atoms with Gasteiger partial charge in [0.25, 0.3) is 0 Å². The van der Waals surface area contributed by atoms with Crippen LogP contribution in [0.25, 0.3) is 22.3 Å². The SMILES string of the molecule is CCN(CC)c1ccc(-c2cc(-c3ccc(OC(=O)O)cc3)ccc2CCCNC2CCCCC2)cc1C(C)(C)C. The molecular weight excluding hydrogens is 508 g/mol. The van der Waals surface area contributed by atoms with Crippen molar-refractivity contribution in [1.82, 2.24) is 5.32 Å². The fourth-order valence-electron chi connectivity index (χ4n) is 6.10. The fourth-order valence-corrected chi connectivity index (χ4v) is 6.10. The molecule has 2 N–H and O–H groups in total. The number of carboxylic acid groups (broad SMARTS) is 1. The van der Waals surface area contributed by atoms with Crippen LogP contribution in [0.1, 0.15) is 84.3 Å². The first kappa shape index (κ1) is 30.6. The van der Waals surface area contributed by atoms with Crippen molar-refractivity contribution in [2.24, 2.45) is 0 Å². The van der Waals surface area contributed by atoms with Gasteiger partial charge in [0, 0.05) is 24.8 Å². The van der Waals surface area contributed by atoms with Gasteiger partial charge in [0.05, 0.1) is 0 Å². The second-order valence-corrected chi connectivity index (χ2v) is 12.3. The number of hydrogen-bond acceptors (Lipinski definition) is 4. The summed E-state index contributed by atoms with van der Waals surface area (Å²) in [5.74, 6) is 0.324. The molecule has 3 aromatic rings. The maximum absolute atomic E-state index is 10.9. The summed E-state index contributed by atoms with van der Waals surface area (Å²) in [6.45, 7) is 14.4. The molecule has 0 spiro atoms. The highest BCUT2D eigenvalue weighted by Gasteiger charge is 2.22. The lowest BCUT2D eigenvalue weighted by Gasteiger charge is -2.31. The van der Waals surface area contributed by atoms with E-state index in [0.29, 0.717) is 11.8 Å². The van der Waals surface area contributed by atoms with E-state index < -0.39 is 6.16 Å². The molecular formula is C36H48N2O3. The van der Waals surface area contributed by atoms with Crippen LogP contribution in [0, 0.1) is 0 Å². The van der Waals surface area contributed by atoms with Crippen molar-refractivity contribution in [2.45, 2.75) is 91.0 Å².